The van der Waals surface area contributed by atoms with Crippen LogP contribution in [0.15, 0.2) is 18.2 Å². The van der Waals surface area contributed by atoms with Crippen molar-refractivity contribution in [3.05, 3.63) is 29.7 Å². The molecule has 0 N–H and O–H groups in total. The van der Waals surface area contributed by atoms with Crippen LogP contribution in [-0.4, -0.2) is 52.7 Å². The highest BCUT2D eigenvalue weighted by molar-refractivity contribution is 5.88. The fourth-order valence-electron chi connectivity index (χ4n) is 2.50. The van der Waals surface area contributed by atoms with Crippen LogP contribution in [0.5, 0.6) is 0 Å². The van der Waals surface area contributed by atoms with Gasteiger partial charge in [0.15, 0.2) is 17.2 Å². The van der Waals surface area contributed by atoms with Gasteiger partial charge >= 0.3 is 5.97 Å². The standard InChI is InChI=1S/C13H16N4O2/c1-16-7-6-9(8-16)12-14-11-5-3-4-10(13(18)19-2)17(11)15-12/h3-5,9H,6-8H2,1-2H3. The van der Waals surface area contributed by atoms with E-state index in [0.717, 1.165) is 25.3 Å². The summed E-state index contributed by atoms with van der Waals surface area (Å²) >= 11 is 0. The Morgan fingerprint density at radius 2 is 2.32 bits per heavy atom. The number of rotatable bonds is 2. The maximum Gasteiger partial charge on any atom is 0.356 e. The van der Waals surface area contributed by atoms with Crippen LogP contribution in [0.25, 0.3) is 5.65 Å². The van der Waals surface area contributed by atoms with E-state index in [1.165, 1.54) is 7.11 Å². The van der Waals surface area contributed by atoms with E-state index < -0.39 is 5.97 Å². The number of nitrogens with zero attached hydrogens (tertiary/aromatic N) is 4. The lowest BCUT2D eigenvalue weighted by Gasteiger charge is -2.05. The predicted molar refractivity (Wildman–Crippen MR) is 69.2 cm³/mol. The van der Waals surface area contributed by atoms with E-state index in [0.29, 0.717) is 17.3 Å². The quantitative estimate of drug-likeness (QED) is 0.752. The Hall–Kier alpha value is -1.95. The lowest BCUT2D eigenvalue weighted by molar-refractivity contribution is 0.0591. The number of likely N-dealkylation sites (tertiary alicyclic amines) is 1. The summed E-state index contributed by atoms with van der Waals surface area (Å²) in [6.45, 7) is 2.02. The number of hydrogen-bond acceptors (Lipinski definition) is 5. The second-order valence-electron chi connectivity index (χ2n) is 4.89. The molecule has 0 radical (unpaired) electrons. The molecule has 2 aromatic rings. The van der Waals surface area contributed by atoms with E-state index in [1.54, 1.807) is 16.6 Å². The minimum atomic E-state index is -0.398. The zero-order valence-corrected chi connectivity index (χ0v) is 11.0. The highest BCUT2D eigenvalue weighted by Gasteiger charge is 2.25. The Balaban J connectivity index is 2.03. The van der Waals surface area contributed by atoms with Crippen molar-refractivity contribution < 1.29 is 9.53 Å². The van der Waals surface area contributed by atoms with Crippen molar-refractivity contribution in [2.45, 2.75) is 12.3 Å². The van der Waals surface area contributed by atoms with Gasteiger partial charge in [-0.3, -0.25) is 0 Å². The number of methoxy groups -OCH3 is 1. The highest BCUT2D eigenvalue weighted by atomic mass is 16.5. The van der Waals surface area contributed by atoms with E-state index in [2.05, 4.69) is 22.0 Å². The van der Waals surface area contributed by atoms with Crippen LogP contribution in [0, 0.1) is 0 Å². The summed E-state index contributed by atoms with van der Waals surface area (Å²) in [6.07, 6.45) is 1.06. The third-order valence-corrected chi connectivity index (χ3v) is 3.53. The second kappa shape index (κ2) is 4.62. The molecule has 3 heterocycles. The molecule has 0 amide bonds. The largest absolute Gasteiger partial charge is 0.464 e. The van der Waals surface area contributed by atoms with E-state index >= 15 is 0 Å². The number of likely N-dealkylation sites (N-methyl/N-ethyl adjacent to an activating group) is 1. The molecule has 0 bridgehead atoms. The molecule has 6 nitrogen and oxygen atoms in total. The molecule has 1 aliphatic rings. The van der Waals surface area contributed by atoms with Crippen molar-refractivity contribution in [2.75, 3.05) is 27.2 Å². The Labute approximate surface area is 111 Å². The molecule has 1 saturated heterocycles. The lowest BCUT2D eigenvalue weighted by atomic mass is 10.1. The first kappa shape index (κ1) is 12.1. The van der Waals surface area contributed by atoms with Gasteiger partial charge in [0.25, 0.3) is 0 Å². The molecule has 0 aliphatic carbocycles. The normalized spacial score (nSPS) is 20.0. The summed E-state index contributed by atoms with van der Waals surface area (Å²) in [6, 6.07) is 5.33. The third kappa shape index (κ3) is 2.08. The van der Waals surface area contributed by atoms with Crippen molar-refractivity contribution in [3.63, 3.8) is 0 Å². The van der Waals surface area contributed by atoms with Crippen LogP contribution in [0.2, 0.25) is 0 Å². The first-order chi connectivity index (χ1) is 9.19. The average molecular weight is 260 g/mol. The number of carbonyl (C=O) groups excluding carboxylic acids is 1. The fourth-order valence-corrected chi connectivity index (χ4v) is 2.50. The Kier molecular flexibility index (Phi) is 2.94. The van der Waals surface area contributed by atoms with Crippen LogP contribution in [0.3, 0.4) is 0 Å². The van der Waals surface area contributed by atoms with E-state index in [-0.39, 0.29) is 0 Å². The molecule has 0 aromatic carbocycles. The summed E-state index contributed by atoms with van der Waals surface area (Å²) in [5, 5.41) is 4.48. The lowest BCUT2D eigenvalue weighted by Crippen LogP contribution is -2.14. The van der Waals surface area contributed by atoms with Crippen molar-refractivity contribution >= 4 is 11.6 Å². The molecule has 1 unspecified atom stereocenters. The average Bonchev–Trinajstić information content (AvgIpc) is 3.02. The highest BCUT2D eigenvalue weighted by Crippen LogP contribution is 2.24. The van der Waals surface area contributed by atoms with Crippen LogP contribution in [-0.2, 0) is 4.74 Å². The third-order valence-electron chi connectivity index (χ3n) is 3.53. The van der Waals surface area contributed by atoms with Crippen LogP contribution >= 0.6 is 0 Å². The number of carbonyl (C=O) groups is 1. The zero-order valence-electron chi connectivity index (χ0n) is 11.0. The summed E-state index contributed by atoms with van der Waals surface area (Å²) in [4.78, 5) is 18.5. The van der Waals surface area contributed by atoms with Gasteiger partial charge in [-0.25, -0.2) is 14.3 Å². The molecular weight excluding hydrogens is 244 g/mol. The molecule has 0 saturated carbocycles. The molecular formula is C13H16N4O2. The summed E-state index contributed by atoms with van der Waals surface area (Å²) < 4.78 is 6.33. The Morgan fingerprint density at radius 3 is 3.00 bits per heavy atom. The molecule has 6 heteroatoms. The monoisotopic (exact) mass is 260 g/mol. The first-order valence-electron chi connectivity index (χ1n) is 6.31. The van der Waals surface area contributed by atoms with Gasteiger partial charge in [-0.2, -0.15) is 5.10 Å². The number of pyridine rings is 1. The van der Waals surface area contributed by atoms with Crippen LogP contribution in [0.4, 0.5) is 0 Å². The maximum atomic E-state index is 11.7. The molecule has 1 aliphatic heterocycles. The van der Waals surface area contributed by atoms with Gasteiger partial charge in [-0.15, -0.1) is 0 Å². The predicted octanol–water partition coefficient (Wildman–Crippen LogP) is 0.935. The van der Waals surface area contributed by atoms with E-state index in [4.69, 9.17) is 4.74 Å². The molecule has 100 valence electrons. The van der Waals surface area contributed by atoms with Gasteiger partial charge in [0.2, 0.25) is 0 Å². The van der Waals surface area contributed by atoms with Gasteiger partial charge < -0.3 is 9.64 Å². The van der Waals surface area contributed by atoms with Crippen LogP contribution < -0.4 is 0 Å². The molecule has 3 rings (SSSR count). The topological polar surface area (TPSA) is 59.7 Å². The summed E-state index contributed by atoms with van der Waals surface area (Å²) in [5.74, 6) is 0.752. The van der Waals surface area contributed by atoms with Crippen molar-refractivity contribution in [1.82, 2.24) is 19.5 Å². The zero-order chi connectivity index (χ0) is 13.4. The molecule has 0 spiro atoms. The number of hydrogen-bond donors (Lipinski definition) is 0. The minimum Gasteiger partial charge on any atom is -0.464 e. The van der Waals surface area contributed by atoms with Gasteiger partial charge in [-0.05, 0) is 32.1 Å². The molecule has 1 fully saturated rings. The Bertz CT molecular complexity index is 622. The number of aromatic nitrogens is 3. The van der Waals surface area contributed by atoms with Crippen molar-refractivity contribution in [1.29, 1.82) is 0 Å². The smallest absolute Gasteiger partial charge is 0.356 e. The first-order valence-corrected chi connectivity index (χ1v) is 6.31. The number of esters is 1. The van der Waals surface area contributed by atoms with E-state index in [1.807, 2.05) is 6.07 Å². The van der Waals surface area contributed by atoms with Crippen molar-refractivity contribution in [3.8, 4) is 0 Å². The second-order valence-corrected chi connectivity index (χ2v) is 4.89. The summed E-state index contributed by atoms with van der Waals surface area (Å²) in [7, 11) is 3.46. The van der Waals surface area contributed by atoms with Gasteiger partial charge in [0, 0.05) is 12.5 Å². The molecule has 2 aromatic heterocycles. The summed E-state index contributed by atoms with van der Waals surface area (Å²) in [5.41, 5.74) is 1.09. The van der Waals surface area contributed by atoms with E-state index in [9.17, 15) is 4.79 Å². The van der Waals surface area contributed by atoms with Gasteiger partial charge in [0.05, 0.1) is 7.11 Å². The number of ether oxygens (including phenoxy) is 1. The van der Waals surface area contributed by atoms with Gasteiger partial charge in [-0.1, -0.05) is 6.07 Å². The molecule has 19 heavy (non-hydrogen) atoms. The maximum absolute atomic E-state index is 11.7. The van der Waals surface area contributed by atoms with Gasteiger partial charge in [0.1, 0.15) is 0 Å². The number of fused-ring (bicyclic) bond motifs is 1. The van der Waals surface area contributed by atoms with Crippen molar-refractivity contribution in [2.24, 2.45) is 0 Å². The SMILES string of the molecule is COC(=O)c1cccc2nc(C3CCN(C)C3)nn12. The minimum absolute atomic E-state index is 0.343. The molecule has 1 atom stereocenters. The Morgan fingerprint density at radius 1 is 1.47 bits per heavy atom. The fraction of sp³-hybridized carbons (Fsp3) is 0.462. The van der Waals surface area contributed by atoms with Crippen LogP contribution in [0.1, 0.15) is 28.7 Å².